The molecule has 0 aromatic rings. The van der Waals surface area contributed by atoms with E-state index in [0.717, 1.165) is 32.1 Å². The summed E-state index contributed by atoms with van der Waals surface area (Å²) in [5.41, 5.74) is -0.376. The molecule has 0 heterocycles. The molecule has 0 unspecified atom stereocenters. The second kappa shape index (κ2) is 5.32. The van der Waals surface area contributed by atoms with Gasteiger partial charge in [-0.3, -0.25) is 9.59 Å². The Morgan fingerprint density at radius 1 is 1.19 bits per heavy atom. The lowest BCUT2D eigenvalue weighted by molar-refractivity contribution is -0.159. The molecule has 0 amide bonds. The maximum atomic E-state index is 11.7. The van der Waals surface area contributed by atoms with Gasteiger partial charge in [0.05, 0.1) is 25.6 Å². The van der Waals surface area contributed by atoms with Gasteiger partial charge in [-0.2, -0.15) is 0 Å². The number of ether oxygens (including phenoxy) is 2. The predicted octanol–water partition coefficient (Wildman–Crippen LogP) is 1.92. The molecule has 0 atom stereocenters. The summed E-state index contributed by atoms with van der Waals surface area (Å²) in [6.07, 6.45) is 3.64. The van der Waals surface area contributed by atoms with Crippen molar-refractivity contribution in [3.05, 3.63) is 0 Å². The Morgan fingerprint density at radius 3 is 2.12 bits per heavy atom. The summed E-state index contributed by atoms with van der Waals surface area (Å²) < 4.78 is 9.57. The van der Waals surface area contributed by atoms with Crippen molar-refractivity contribution in [2.45, 2.75) is 39.0 Å². The molecule has 0 radical (unpaired) electrons. The predicted molar refractivity (Wildman–Crippen MR) is 58.7 cm³/mol. The molecule has 16 heavy (non-hydrogen) atoms. The Hall–Kier alpha value is -1.06. The Labute approximate surface area is 96.3 Å². The zero-order valence-corrected chi connectivity index (χ0v) is 10.2. The monoisotopic (exact) mass is 228 g/mol. The fourth-order valence-corrected chi connectivity index (χ4v) is 2.49. The molecule has 0 N–H and O–H groups in total. The van der Waals surface area contributed by atoms with Gasteiger partial charge in [0.15, 0.2) is 0 Å². The largest absolute Gasteiger partial charge is 0.469 e. The van der Waals surface area contributed by atoms with E-state index >= 15 is 0 Å². The first kappa shape index (κ1) is 13.0. The van der Waals surface area contributed by atoms with Gasteiger partial charge in [0.2, 0.25) is 0 Å². The van der Waals surface area contributed by atoms with E-state index in [1.54, 1.807) is 0 Å². The van der Waals surface area contributed by atoms with Crippen molar-refractivity contribution in [3.8, 4) is 0 Å². The van der Waals surface area contributed by atoms with Crippen LogP contribution in [0.25, 0.3) is 0 Å². The summed E-state index contributed by atoms with van der Waals surface area (Å²) in [7, 11) is 2.83. The van der Waals surface area contributed by atoms with E-state index < -0.39 is 0 Å². The van der Waals surface area contributed by atoms with Crippen molar-refractivity contribution >= 4 is 11.9 Å². The zero-order chi connectivity index (χ0) is 12.2. The minimum Gasteiger partial charge on any atom is -0.469 e. The van der Waals surface area contributed by atoms with Gasteiger partial charge in [-0.05, 0) is 32.1 Å². The van der Waals surface area contributed by atoms with Gasteiger partial charge in [-0.25, -0.2) is 0 Å². The third-order valence-corrected chi connectivity index (χ3v) is 3.77. The molecule has 0 bridgehead atoms. The number of hydrogen-bond acceptors (Lipinski definition) is 4. The summed E-state index contributed by atoms with van der Waals surface area (Å²) in [6, 6.07) is 0. The number of carbonyl (C=O) groups excluding carboxylic acids is 2. The Bertz CT molecular complexity index is 264. The fraction of sp³-hybridized carbons (Fsp3) is 0.833. The Balaban J connectivity index is 2.64. The van der Waals surface area contributed by atoms with Gasteiger partial charge in [0, 0.05) is 0 Å². The molecule has 1 saturated carbocycles. The van der Waals surface area contributed by atoms with E-state index in [1.807, 2.05) is 6.92 Å². The van der Waals surface area contributed by atoms with Crippen LogP contribution in [0.3, 0.4) is 0 Å². The maximum absolute atomic E-state index is 11.7. The van der Waals surface area contributed by atoms with Crippen molar-refractivity contribution in [2.24, 2.45) is 11.3 Å². The van der Waals surface area contributed by atoms with Crippen molar-refractivity contribution in [1.29, 1.82) is 0 Å². The number of hydrogen-bond donors (Lipinski definition) is 0. The second-order valence-electron chi connectivity index (χ2n) is 4.42. The molecule has 92 valence electrons. The highest BCUT2D eigenvalue weighted by molar-refractivity contribution is 5.78. The van der Waals surface area contributed by atoms with Crippen LogP contribution < -0.4 is 0 Å². The van der Waals surface area contributed by atoms with E-state index in [4.69, 9.17) is 9.47 Å². The molecule has 4 heteroatoms. The molecule has 0 aliphatic heterocycles. The summed E-state index contributed by atoms with van der Waals surface area (Å²) in [4.78, 5) is 23.1. The molecule has 0 saturated heterocycles. The van der Waals surface area contributed by atoms with Crippen LogP contribution >= 0.6 is 0 Å². The lowest BCUT2D eigenvalue weighted by atomic mass is 9.69. The number of carbonyl (C=O) groups is 2. The molecule has 0 spiro atoms. The van der Waals surface area contributed by atoms with E-state index in [1.165, 1.54) is 14.2 Å². The molecule has 4 nitrogen and oxygen atoms in total. The molecular formula is C12H20O4. The minimum atomic E-state index is -0.376. The van der Waals surface area contributed by atoms with E-state index in [9.17, 15) is 9.59 Å². The summed E-state index contributed by atoms with van der Waals surface area (Å²) in [6.45, 7) is 2.00. The molecule has 0 aromatic heterocycles. The summed E-state index contributed by atoms with van der Waals surface area (Å²) in [5, 5.41) is 0. The smallest absolute Gasteiger partial charge is 0.311 e. The first-order chi connectivity index (χ1) is 7.59. The molecule has 1 aliphatic carbocycles. The van der Waals surface area contributed by atoms with Crippen molar-refractivity contribution in [2.75, 3.05) is 14.2 Å². The topological polar surface area (TPSA) is 52.6 Å². The average molecular weight is 228 g/mol. The second-order valence-corrected chi connectivity index (χ2v) is 4.42. The van der Waals surface area contributed by atoms with Crippen LogP contribution in [0.15, 0.2) is 0 Å². The van der Waals surface area contributed by atoms with Gasteiger partial charge < -0.3 is 9.47 Å². The Kier molecular flexibility index (Phi) is 4.33. The molecule has 1 rings (SSSR count). The van der Waals surface area contributed by atoms with Gasteiger partial charge in [-0.1, -0.05) is 6.92 Å². The van der Waals surface area contributed by atoms with Crippen molar-refractivity contribution in [3.63, 3.8) is 0 Å². The SMILES string of the molecule is CCC1(C(=O)OC)CCC(C(=O)OC)CC1. The van der Waals surface area contributed by atoms with Gasteiger partial charge in [0.25, 0.3) is 0 Å². The van der Waals surface area contributed by atoms with E-state index in [0.29, 0.717) is 0 Å². The molecular weight excluding hydrogens is 208 g/mol. The van der Waals surface area contributed by atoms with Crippen LogP contribution in [0, 0.1) is 11.3 Å². The third-order valence-electron chi connectivity index (χ3n) is 3.77. The zero-order valence-electron chi connectivity index (χ0n) is 10.2. The average Bonchev–Trinajstić information content (AvgIpc) is 2.36. The van der Waals surface area contributed by atoms with Crippen LogP contribution in [-0.4, -0.2) is 26.2 Å². The minimum absolute atomic E-state index is 0.0469. The Morgan fingerprint density at radius 2 is 1.75 bits per heavy atom. The van der Waals surface area contributed by atoms with E-state index in [-0.39, 0.29) is 23.3 Å². The fourth-order valence-electron chi connectivity index (χ4n) is 2.49. The first-order valence-electron chi connectivity index (χ1n) is 5.76. The van der Waals surface area contributed by atoms with Crippen LogP contribution in [0.2, 0.25) is 0 Å². The highest BCUT2D eigenvalue weighted by Gasteiger charge is 2.42. The molecule has 1 fully saturated rings. The van der Waals surface area contributed by atoms with Crippen LogP contribution in [0.5, 0.6) is 0 Å². The number of rotatable bonds is 3. The van der Waals surface area contributed by atoms with Crippen molar-refractivity contribution in [1.82, 2.24) is 0 Å². The summed E-state index contributed by atoms with van der Waals surface area (Å²) >= 11 is 0. The van der Waals surface area contributed by atoms with Crippen molar-refractivity contribution < 1.29 is 19.1 Å². The van der Waals surface area contributed by atoms with Crippen LogP contribution in [0.4, 0.5) is 0 Å². The lowest BCUT2D eigenvalue weighted by Crippen LogP contribution is -2.37. The van der Waals surface area contributed by atoms with Crippen LogP contribution in [0.1, 0.15) is 39.0 Å². The number of methoxy groups -OCH3 is 2. The van der Waals surface area contributed by atoms with Gasteiger partial charge >= 0.3 is 11.9 Å². The highest BCUT2D eigenvalue weighted by atomic mass is 16.5. The standard InChI is InChI=1S/C12H20O4/c1-4-12(11(14)16-3)7-5-9(6-8-12)10(13)15-2/h9H,4-8H2,1-3H3. The van der Waals surface area contributed by atoms with Crippen LogP contribution in [-0.2, 0) is 19.1 Å². The normalized spacial score (nSPS) is 29.6. The third kappa shape index (κ3) is 2.36. The first-order valence-corrected chi connectivity index (χ1v) is 5.76. The molecule has 1 aliphatic rings. The molecule has 0 aromatic carbocycles. The lowest BCUT2D eigenvalue weighted by Gasteiger charge is -2.36. The van der Waals surface area contributed by atoms with Gasteiger partial charge in [-0.15, -0.1) is 0 Å². The quantitative estimate of drug-likeness (QED) is 0.692. The van der Waals surface area contributed by atoms with E-state index in [2.05, 4.69) is 0 Å². The van der Waals surface area contributed by atoms with Gasteiger partial charge in [0.1, 0.15) is 0 Å². The summed E-state index contributed by atoms with van der Waals surface area (Å²) in [5.74, 6) is -0.345. The maximum Gasteiger partial charge on any atom is 0.311 e. The highest BCUT2D eigenvalue weighted by Crippen LogP contribution is 2.42. The number of esters is 2.